The van der Waals surface area contributed by atoms with Crippen LogP contribution in [0.1, 0.15) is 56.6 Å². The molecule has 3 N–H and O–H groups in total. The number of piperidine rings is 1. The minimum Gasteiger partial charge on any atom is -0.381 e. The highest BCUT2D eigenvalue weighted by molar-refractivity contribution is 5.79. The molecule has 0 saturated carbocycles. The smallest absolute Gasteiger partial charge is 0.315 e. The van der Waals surface area contributed by atoms with Crippen molar-refractivity contribution in [2.24, 2.45) is 0 Å². The molecular formula is C20H29N3O3. The van der Waals surface area contributed by atoms with E-state index in [2.05, 4.69) is 54.1 Å². The van der Waals surface area contributed by atoms with Crippen molar-refractivity contribution < 1.29 is 14.3 Å². The Kier molecular flexibility index (Phi) is 5.81. The van der Waals surface area contributed by atoms with Crippen LogP contribution in [0, 0.1) is 0 Å². The minimum absolute atomic E-state index is 0.0626. The Balaban J connectivity index is 1.55. The van der Waals surface area contributed by atoms with Crippen LogP contribution in [0.3, 0.4) is 0 Å². The van der Waals surface area contributed by atoms with Gasteiger partial charge in [-0.2, -0.15) is 0 Å². The van der Waals surface area contributed by atoms with Crippen LogP contribution in [-0.2, 0) is 16.1 Å². The zero-order chi connectivity index (χ0) is 18.6. The standard InChI is InChI=1S/C20H29N3O3/c1-14(2)16-5-3-15(4-6-16)13-21-19(25)22-17-7-8-18(24)23-20(17)9-11-26-12-10-20/h3-6,14,17H,7-13H2,1-2H3,(H,23,24)(H2,21,22,25). The van der Waals surface area contributed by atoms with Gasteiger partial charge in [0.2, 0.25) is 5.91 Å². The molecule has 2 saturated heterocycles. The molecule has 1 spiro atoms. The molecule has 0 radical (unpaired) electrons. The highest BCUT2D eigenvalue weighted by atomic mass is 16.5. The Morgan fingerprint density at radius 1 is 1.27 bits per heavy atom. The van der Waals surface area contributed by atoms with E-state index >= 15 is 0 Å². The quantitative estimate of drug-likeness (QED) is 0.772. The summed E-state index contributed by atoms with van der Waals surface area (Å²) >= 11 is 0. The molecule has 1 unspecified atom stereocenters. The fourth-order valence-electron chi connectivity index (χ4n) is 3.81. The Bertz CT molecular complexity index is 636. The van der Waals surface area contributed by atoms with Crippen molar-refractivity contribution in [1.29, 1.82) is 0 Å². The van der Waals surface area contributed by atoms with Crippen molar-refractivity contribution in [3.8, 4) is 0 Å². The van der Waals surface area contributed by atoms with Crippen LogP contribution < -0.4 is 16.0 Å². The lowest BCUT2D eigenvalue weighted by Crippen LogP contribution is -2.67. The first kappa shape index (κ1) is 18.7. The van der Waals surface area contributed by atoms with Gasteiger partial charge < -0.3 is 20.7 Å². The number of benzene rings is 1. The number of urea groups is 1. The number of carbonyl (C=O) groups is 2. The Labute approximate surface area is 155 Å². The average Bonchev–Trinajstić information content (AvgIpc) is 2.63. The maximum absolute atomic E-state index is 12.4. The van der Waals surface area contributed by atoms with E-state index in [1.165, 1.54) is 5.56 Å². The van der Waals surface area contributed by atoms with E-state index < -0.39 is 0 Å². The van der Waals surface area contributed by atoms with Crippen LogP contribution in [0.5, 0.6) is 0 Å². The molecule has 6 nitrogen and oxygen atoms in total. The van der Waals surface area contributed by atoms with Crippen LogP contribution >= 0.6 is 0 Å². The predicted octanol–water partition coefficient (Wildman–Crippen LogP) is 2.44. The van der Waals surface area contributed by atoms with Gasteiger partial charge in [-0.05, 0) is 36.3 Å². The van der Waals surface area contributed by atoms with Gasteiger partial charge in [0, 0.05) is 26.2 Å². The van der Waals surface area contributed by atoms with Crippen molar-refractivity contribution >= 4 is 11.9 Å². The van der Waals surface area contributed by atoms with Gasteiger partial charge in [0.25, 0.3) is 0 Å². The number of amides is 3. The summed E-state index contributed by atoms with van der Waals surface area (Å²) in [5.74, 6) is 0.563. The van der Waals surface area contributed by atoms with E-state index in [0.29, 0.717) is 38.5 Å². The molecule has 142 valence electrons. The van der Waals surface area contributed by atoms with Crippen LogP contribution in [0.25, 0.3) is 0 Å². The van der Waals surface area contributed by atoms with Gasteiger partial charge in [0.15, 0.2) is 0 Å². The second-order valence-electron chi connectivity index (χ2n) is 7.63. The summed E-state index contributed by atoms with van der Waals surface area (Å²) in [5, 5.41) is 9.13. The van der Waals surface area contributed by atoms with E-state index in [0.717, 1.165) is 18.4 Å². The second kappa shape index (κ2) is 8.08. The van der Waals surface area contributed by atoms with E-state index in [-0.39, 0.29) is 23.5 Å². The van der Waals surface area contributed by atoms with Crippen LogP contribution in [0.15, 0.2) is 24.3 Å². The topological polar surface area (TPSA) is 79.5 Å². The summed E-state index contributed by atoms with van der Waals surface area (Å²) in [5.41, 5.74) is 1.99. The fraction of sp³-hybridized carbons (Fsp3) is 0.600. The first-order chi connectivity index (χ1) is 12.5. The monoisotopic (exact) mass is 359 g/mol. The molecule has 6 heteroatoms. The lowest BCUT2D eigenvalue weighted by atomic mass is 9.77. The number of hydrogen-bond acceptors (Lipinski definition) is 3. The van der Waals surface area contributed by atoms with E-state index in [1.807, 2.05) is 0 Å². The third kappa shape index (κ3) is 4.36. The summed E-state index contributed by atoms with van der Waals surface area (Å²) in [7, 11) is 0. The lowest BCUT2D eigenvalue weighted by Gasteiger charge is -2.46. The number of carbonyl (C=O) groups excluding carboxylic acids is 2. The molecule has 3 rings (SSSR count). The normalized spacial score (nSPS) is 22.1. The third-order valence-corrected chi connectivity index (χ3v) is 5.51. The molecule has 2 fully saturated rings. The van der Waals surface area contributed by atoms with Gasteiger partial charge >= 0.3 is 6.03 Å². The molecule has 1 atom stereocenters. The van der Waals surface area contributed by atoms with Crippen molar-refractivity contribution in [1.82, 2.24) is 16.0 Å². The lowest BCUT2D eigenvalue weighted by molar-refractivity contribution is -0.128. The fourth-order valence-corrected chi connectivity index (χ4v) is 3.81. The molecule has 1 aromatic carbocycles. The molecule has 2 aliphatic heterocycles. The average molecular weight is 359 g/mol. The maximum atomic E-state index is 12.4. The number of ether oxygens (including phenoxy) is 1. The van der Waals surface area contributed by atoms with Crippen LogP contribution in [-0.4, -0.2) is 36.7 Å². The first-order valence-corrected chi connectivity index (χ1v) is 9.50. The number of nitrogens with one attached hydrogen (secondary N) is 3. The van der Waals surface area contributed by atoms with Gasteiger partial charge in [0.1, 0.15) is 0 Å². The van der Waals surface area contributed by atoms with Gasteiger partial charge in [-0.15, -0.1) is 0 Å². The zero-order valence-electron chi connectivity index (χ0n) is 15.6. The Morgan fingerprint density at radius 3 is 2.62 bits per heavy atom. The largest absolute Gasteiger partial charge is 0.381 e. The molecule has 3 amide bonds. The number of rotatable bonds is 4. The molecule has 0 aliphatic carbocycles. The highest BCUT2D eigenvalue weighted by Crippen LogP contribution is 2.30. The number of hydrogen-bond donors (Lipinski definition) is 3. The summed E-state index contributed by atoms with van der Waals surface area (Å²) in [4.78, 5) is 24.3. The first-order valence-electron chi connectivity index (χ1n) is 9.50. The second-order valence-corrected chi connectivity index (χ2v) is 7.63. The van der Waals surface area contributed by atoms with E-state index in [4.69, 9.17) is 4.74 Å². The van der Waals surface area contributed by atoms with Crippen LogP contribution in [0.4, 0.5) is 4.79 Å². The molecule has 1 aromatic rings. The molecule has 2 aliphatic rings. The third-order valence-electron chi connectivity index (χ3n) is 5.51. The molecule has 0 aromatic heterocycles. The zero-order valence-corrected chi connectivity index (χ0v) is 15.6. The minimum atomic E-state index is -0.371. The van der Waals surface area contributed by atoms with Gasteiger partial charge in [0.05, 0.1) is 11.6 Å². The summed E-state index contributed by atoms with van der Waals surface area (Å²) < 4.78 is 5.44. The summed E-state index contributed by atoms with van der Waals surface area (Å²) in [6.45, 7) is 6.04. The van der Waals surface area contributed by atoms with Crippen molar-refractivity contribution in [2.45, 2.75) is 63.6 Å². The van der Waals surface area contributed by atoms with Crippen LogP contribution in [0.2, 0.25) is 0 Å². The van der Waals surface area contributed by atoms with Gasteiger partial charge in [-0.25, -0.2) is 4.79 Å². The summed E-state index contributed by atoms with van der Waals surface area (Å²) in [6, 6.07) is 8.06. The summed E-state index contributed by atoms with van der Waals surface area (Å²) in [6.07, 6.45) is 2.59. The predicted molar refractivity (Wildman–Crippen MR) is 99.9 cm³/mol. The Morgan fingerprint density at radius 2 is 1.96 bits per heavy atom. The van der Waals surface area contributed by atoms with Crippen molar-refractivity contribution in [3.05, 3.63) is 35.4 Å². The van der Waals surface area contributed by atoms with Crippen molar-refractivity contribution in [3.63, 3.8) is 0 Å². The molecular weight excluding hydrogens is 330 g/mol. The van der Waals surface area contributed by atoms with Gasteiger partial charge in [-0.1, -0.05) is 38.1 Å². The molecule has 0 bridgehead atoms. The van der Waals surface area contributed by atoms with Gasteiger partial charge in [-0.3, -0.25) is 4.79 Å². The SMILES string of the molecule is CC(C)c1ccc(CNC(=O)NC2CCC(=O)NC23CCOCC3)cc1. The van der Waals surface area contributed by atoms with Crippen molar-refractivity contribution in [2.75, 3.05) is 13.2 Å². The van der Waals surface area contributed by atoms with E-state index in [1.54, 1.807) is 0 Å². The Hall–Kier alpha value is -2.08. The molecule has 26 heavy (non-hydrogen) atoms. The highest BCUT2D eigenvalue weighted by Gasteiger charge is 2.45. The van der Waals surface area contributed by atoms with E-state index in [9.17, 15) is 9.59 Å². The molecule has 2 heterocycles. The maximum Gasteiger partial charge on any atom is 0.315 e.